The molecule has 2 N–H and O–H groups in total. The SMILES string of the molecule is C/N=C\c1ccc2[nH]nc(-c3cnc4c(c3)C3(CC3)CN4)c2c1. The van der Waals surface area contributed by atoms with E-state index in [0.29, 0.717) is 5.41 Å². The lowest BCUT2D eigenvalue weighted by atomic mass is 9.97. The molecule has 2 aromatic heterocycles. The van der Waals surface area contributed by atoms with Gasteiger partial charge in [-0.25, -0.2) is 4.98 Å². The molecule has 1 spiro atoms. The highest BCUT2D eigenvalue weighted by molar-refractivity contribution is 5.97. The van der Waals surface area contributed by atoms with Gasteiger partial charge in [0.05, 0.1) is 5.52 Å². The molecule has 2 aliphatic rings. The molecule has 0 radical (unpaired) electrons. The number of rotatable bonds is 2. The molecular formula is C18H17N5. The predicted molar refractivity (Wildman–Crippen MR) is 92.2 cm³/mol. The van der Waals surface area contributed by atoms with Gasteiger partial charge in [0.2, 0.25) is 0 Å². The molecule has 3 heterocycles. The summed E-state index contributed by atoms with van der Waals surface area (Å²) in [6.07, 6.45) is 6.30. The Hall–Kier alpha value is -2.69. The number of pyridine rings is 1. The van der Waals surface area contributed by atoms with Gasteiger partial charge in [-0.2, -0.15) is 5.10 Å². The average molecular weight is 303 g/mol. The van der Waals surface area contributed by atoms with E-state index in [4.69, 9.17) is 0 Å². The smallest absolute Gasteiger partial charge is 0.129 e. The first kappa shape index (κ1) is 12.8. The maximum atomic E-state index is 4.63. The van der Waals surface area contributed by atoms with Gasteiger partial charge >= 0.3 is 0 Å². The van der Waals surface area contributed by atoms with Crippen LogP contribution in [0.5, 0.6) is 0 Å². The number of H-pyrrole nitrogens is 1. The van der Waals surface area contributed by atoms with Crippen LogP contribution < -0.4 is 5.32 Å². The molecule has 0 atom stereocenters. The van der Waals surface area contributed by atoms with Crippen LogP contribution in [-0.4, -0.2) is 35.0 Å². The van der Waals surface area contributed by atoms with Crippen LogP contribution in [0.1, 0.15) is 24.0 Å². The molecule has 0 unspecified atom stereocenters. The fourth-order valence-corrected chi connectivity index (χ4v) is 3.57. The number of benzene rings is 1. The lowest BCUT2D eigenvalue weighted by molar-refractivity contribution is 0.778. The van der Waals surface area contributed by atoms with Gasteiger partial charge in [-0.05, 0) is 36.6 Å². The molecule has 0 saturated heterocycles. The second kappa shape index (κ2) is 4.41. The largest absolute Gasteiger partial charge is 0.369 e. The Morgan fingerprint density at radius 2 is 2.17 bits per heavy atom. The topological polar surface area (TPSA) is 66.0 Å². The minimum atomic E-state index is 0.338. The van der Waals surface area contributed by atoms with E-state index in [-0.39, 0.29) is 0 Å². The summed E-state index contributed by atoms with van der Waals surface area (Å²) in [6, 6.07) is 8.49. The molecule has 0 bridgehead atoms. The zero-order chi connectivity index (χ0) is 15.4. The summed E-state index contributed by atoms with van der Waals surface area (Å²) in [5, 5.41) is 12.2. The van der Waals surface area contributed by atoms with E-state index < -0.39 is 0 Å². The van der Waals surface area contributed by atoms with Gasteiger partial charge in [-0.15, -0.1) is 0 Å². The van der Waals surface area contributed by atoms with Crippen LogP contribution in [0.15, 0.2) is 35.5 Å². The number of aromatic nitrogens is 3. The fourth-order valence-electron chi connectivity index (χ4n) is 3.57. The molecule has 0 amide bonds. The zero-order valence-corrected chi connectivity index (χ0v) is 12.9. The third-order valence-corrected chi connectivity index (χ3v) is 5.05. The van der Waals surface area contributed by atoms with Crippen LogP contribution in [0, 0.1) is 0 Å². The van der Waals surface area contributed by atoms with Crippen molar-refractivity contribution >= 4 is 22.9 Å². The van der Waals surface area contributed by atoms with Crippen LogP contribution in [0.2, 0.25) is 0 Å². The van der Waals surface area contributed by atoms with Gasteiger partial charge in [0, 0.05) is 47.9 Å². The first-order valence-corrected chi connectivity index (χ1v) is 7.94. The van der Waals surface area contributed by atoms with E-state index in [2.05, 4.69) is 37.6 Å². The highest BCUT2D eigenvalue weighted by Gasteiger charge is 2.49. The van der Waals surface area contributed by atoms with Crippen LogP contribution in [0.25, 0.3) is 22.2 Å². The number of fused-ring (bicyclic) bond motifs is 3. The summed E-state index contributed by atoms with van der Waals surface area (Å²) in [6.45, 7) is 1.03. The van der Waals surface area contributed by atoms with Crippen molar-refractivity contribution < 1.29 is 0 Å². The predicted octanol–water partition coefficient (Wildman–Crippen LogP) is 3.13. The molecule has 1 aliphatic carbocycles. The van der Waals surface area contributed by atoms with Gasteiger partial charge in [0.15, 0.2) is 0 Å². The molecule has 3 aromatic rings. The molecule has 5 nitrogen and oxygen atoms in total. The van der Waals surface area contributed by atoms with Gasteiger partial charge in [-0.1, -0.05) is 6.07 Å². The van der Waals surface area contributed by atoms with E-state index in [1.54, 1.807) is 7.05 Å². The summed E-state index contributed by atoms with van der Waals surface area (Å²) in [5.74, 6) is 1.05. The van der Waals surface area contributed by atoms with Crippen LogP contribution >= 0.6 is 0 Å². The Morgan fingerprint density at radius 1 is 1.26 bits per heavy atom. The Labute approximate surface area is 133 Å². The first-order chi connectivity index (χ1) is 11.3. The number of aromatic amines is 1. The summed E-state index contributed by atoms with van der Waals surface area (Å²) in [5.41, 5.74) is 5.85. The quantitative estimate of drug-likeness (QED) is 0.715. The third-order valence-electron chi connectivity index (χ3n) is 5.05. The third kappa shape index (κ3) is 1.82. The zero-order valence-electron chi connectivity index (χ0n) is 12.9. The summed E-state index contributed by atoms with van der Waals surface area (Å²) < 4.78 is 0. The number of nitrogens with one attached hydrogen (secondary N) is 2. The lowest BCUT2D eigenvalue weighted by Gasteiger charge is -2.07. The van der Waals surface area contributed by atoms with Crippen molar-refractivity contribution in [2.45, 2.75) is 18.3 Å². The van der Waals surface area contributed by atoms with Gasteiger partial charge in [-0.3, -0.25) is 10.1 Å². The maximum Gasteiger partial charge on any atom is 0.129 e. The summed E-state index contributed by atoms with van der Waals surface area (Å²) in [4.78, 5) is 8.72. The van der Waals surface area contributed by atoms with Crippen LogP contribution in [0.4, 0.5) is 5.82 Å². The molecule has 1 aliphatic heterocycles. The Balaban J connectivity index is 1.67. The molecule has 1 fully saturated rings. The van der Waals surface area contributed by atoms with E-state index in [1.165, 1.54) is 18.4 Å². The van der Waals surface area contributed by atoms with Crippen molar-refractivity contribution in [3.05, 3.63) is 41.6 Å². The Bertz CT molecular complexity index is 949. The summed E-state index contributed by atoms with van der Waals surface area (Å²) >= 11 is 0. The van der Waals surface area contributed by atoms with Gasteiger partial charge in [0.1, 0.15) is 11.5 Å². The van der Waals surface area contributed by atoms with E-state index in [9.17, 15) is 0 Å². The molecule has 1 saturated carbocycles. The molecule has 5 rings (SSSR count). The van der Waals surface area contributed by atoms with Crippen molar-refractivity contribution in [2.75, 3.05) is 18.9 Å². The minimum Gasteiger partial charge on any atom is -0.369 e. The highest BCUT2D eigenvalue weighted by atomic mass is 15.1. The van der Waals surface area contributed by atoms with Crippen molar-refractivity contribution in [3.63, 3.8) is 0 Å². The molecule has 114 valence electrons. The number of nitrogens with zero attached hydrogens (tertiary/aromatic N) is 3. The number of aliphatic imine (C=N–C) groups is 1. The first-order valence-electron chi connectivity index (χ1n) is 7.94. The van der Waals surface area contributed by atoms with Crippen LogP contribution in [-0.2, 0) is 5.41 Å². The van der Waals surface area contributed by atoms with E-state index in [1.807, 2.05) is 24.5 Å². The lowest BCUT2D eigenvalue weighted by Crippen LogP contribution is -2.08. The Morgan fingerprint density at radius 3 is 3.00 bits per heavy atom. The number of hydrogen-bond donors (Lipinski definition) is 2. The molecule has 1 aromatic carbocycles. The monoisotopic (exact) mass is 303 g/mol. The van der Waals surface area contributed by atoms with Gasteiger partial charge < -0.3 is 5.32 Å². The van der Waals surface area contributed by atoms with Crippen LogP contribution in [0.3, 0.4) is 0 Å². The van der Waals surface area contributed by atoms with Crippen molar-refractivity contribution in [3.8, 4) is 11.3 Å². The summed E-state index contributed by atoms with van der Waals surface area (Å²) in [7, 11) is 1.78. The maximum absolute atomic E-state index is 4.63. The second-order valence-corrected chi connectivity index (χ2v) is 6.52. The van der Waals surface area contributed by atoms with E-state index in [0.717, 1.165) is 40.1 Å². The molecule has 5 heteroatoms. The fraction of sp³-hybridized carbons (Fsp3) is 0.278. The van der Waals surface area contributed by atoms with Crippen molar-refractivity contribution in [2.24, 2.45) is 4.99 Å². The van der Waals surface area contributed by atoms with E-state index >= 15 is 0 Å². The standard InChI is InChI=1S/C18H17N5/c1-19-8-11-2-3-15-13(6-11)16(23-22-15)12-7-14-17(20-9-12)21-10-18(14)4-5-18/h2-3,6-9H,4-5,10H2,1H3,(H,20,21)(H,22,23)/b19-8-. The molecular weight excluding hydrogens is 286 g/mol. The number of hydrogen-bond acceptors (Lipinski definition) is 4. The normalized spacial score (nSPS) is 17.8. The highest BCUT2D eigenvalue weighted by Crippen LogP contribution is 2.54. The second-order valence-electron chi connectivity index (χ2n) is 6.52. The Kier molecular flexibility index (Phi) is 2.46. The average Bonchev–Trinajstić information content (AvgIpc) is 3.11. The number of anilines is 1. The minimum absolute atomic E-state index is 0.338. The molecule has 23 heavy (non-hydrogen) atoms. The van der Waals surface area contributed by atoms with Crippen molar-refractivity contribution in [1.82, 2.24) is 15.2 Å². The van der Waals surface area contributed by atoms with Gasteiger partial charge in [0.25, 0.3) is 0 Å². The van der Waals surface area contributed by atoms with Crippen molar-refractivity contribution in [1.29, 1.82) is 0 Å².